The lowest BCUT2D eigenvalue weighted by Gasteiger charge is -2.25. The first-order valence-electron chi connectivity index (χ1n) is 5.48. The highest BCUT2D eigenvalue weighted by atomic mass is 16.5. The molecule has 0 aromatic carbocycles. The molecule has 3 aliphatic rings. The maximum atomic E-state index is 11.2. The van der Waals surface area contributed by atoms with E-state index in [1.165, 1.54) is 0 Å². The molecule has 0 aromatic rings. The Hall–Kier alpha value is -1.09. The van der Waals surface area contributed by atoms with Gasteiger partial charge in [-0.3, -0.25) is 0 Å². The third-order valence-corrected chi connectivity index (χ3v) is 3.58. The van der Waals surface area contributed by atoms with Crippen molar-refractivity contribution in [2.45, 2.75) is 12.5 Å². The zero-order chi connectivity index (χ0) is 10.3. The van der Waals surface area contributed by atoms with Crippen molar-refractivity contribution < 1.29 is 14.3 Å². The Morgan fingerprint density at radius 3 is 3.13 bits per heavy atom. The van der Waals surface area contributed by atoms with Crippen molar-refractivity contribution in [3.8, 4) is 0 Å². The quantitative estimate of drug-likeness (QED) is 0.443. The lowest BCUT2D eigenvalue weighted by atomic mass is 9.95. The number of fused-ring (bicyclic) bond motifs is 3. The first kappa shape index (κ1) is 9.16. The van der Waals surface area contributed by atoms with Crippen molar-refractivity contribution in [1.82, 2.24) is 0 Å². The summed E-state index contributed by atoms with van der Waals surface area (Å²) in [5.41, 5.74) is 0. The molecule has 0 aromatic heterocycles. The van der Waals surface area contributed by atoms with Crippen molar-refractivity contribution in [2.75, 3.05) is 13.2 Å². The van der Waals surface area contributed by atoms with Gasteiger partial charge in [-0.2, -0.15) is 0 Å². The van der Waals surface area contributed by atoms with Gasteiger partial charge in [-0.25, -0.2) is 4.79 Å². The Balaban J connectivity index is 1.86. The smallest absolute Gasteiger partial charge is 0.330 e. The van der Waals surface area contributed by atoms with Crippen LogP contribution in [0, 0.1) is 17.8 Å². The summed E-state index contributed by atoms with van der Waals surface area (Å²) in [5, 5.41) is 0. The minimum atomic E-state index is -0.204. The van der Waals surface area contributed by atoms with Crippen LogP contribution in [0.5, 0.6) is 0 Å². The van der Waals surface area contributed by atoms with Gasteiger partial charge >= 0.3 is 5.97 Å². The molecule has 3 rings (SSSR count). The summed E-state index contributed by atoms with van der Waals surface area (Å²) >= 11 is 0. The van der Waals surface area contributed by atoms with Crippen LogP contribution in [0.15, 0.2) is 24.3 Å². The molecule has 2 heterocycles. The van der Waals surface area contributed by atoms with Gasteiger partial charge in [0.2, 0.25) is 0 Å². The monoisotopic (exact) mass is 206 g/mol. The second-order valence-electron chi connectivity index (χ2n) is 4.45. The van der Waals surface area contributed by atoms with Gasteiger partial charge in [0.1, 0.15) is 6.10 Å². The Morgan fingerprint density at radius 1 is 1.27 bits per heavy atom. The van der Waals surface area contributed by atoms with Crippen LogP contribution < -0.4 is 0 Å². The Kier molecular flexibility index (Phi) is 2.13. The maximum absolute atomic E-state index is 11.2. The largest absolute Gasteiger partial charge is 0.458 e. The number of ether oxygens (including phenoxy) is 2. The fourth-order valence-electron chi connectivity index (χ4n) is 2.87. The number of carbonyl (C=O) groups excluding carboxylic acids is 1. The average Bonchev–Trinajstić information content (AvgIpc) is 2.44. The normalized spacial score (nSPS) is 43.1. The van der Waals surface area contributed by atoms with E-state index in [0.717, 1.165) is 6.42 Å². The SMILES string of the molecule is O=C1C=CC2CC3C=CCOCC3C2O1. The van der Waals surface area contributed by atoms with Crippen LogP contribution in [0.4, 0.5) is 0 Å². The van der Waals surface area contributed by atoms with Gasteiger partial charge in [0.15, 0.2) is 0 Å². The molecule has 1 saturated carbocycles. The van der Waals surface area contributed by atoms with Crippen LogP contribution in [-0.2, 0) is 14.3 Å². The van der Waals surface area contributed by atoms with Crippen molar-refractivity contribution in [3.05, 3.63) is 24.3 Å². The first-order chi connectivity index (χ1) is 7.34. The van der Waals surface area contributed by atoms with Gasteiger partial charge in [-0.1, -0.05) is 18.2 Å². The zero-order valence-corrected chi connectivity index (χ0v) is 8.46. The predicted octanol–water partition coefficient (Wildman–Crippen LogP) is 1.31. The molecule has 1 fully saturated rings. The highest BCUT2D eigenvalue weighted by molar-refractivity contribution is 5.83. The molecular formula is C12H14O3. The van der Waals surface area contributed by atoms with Gasteiger partial charge in [0.05, 0.1) is 13.2 Å². The summed E-state index contributed by atoms with van der Waals surface area (Å²) in [5.74, 6) is 1.05. The van der Waals surface area contributed by atoms with Crippen LogP contribution in [-0.4, -0.2) is 25.3 Å². The summed E-state index contributed by atoms with van der Waals surface area (Å²) in [7, 11) is 0. The minimum Gasteiger partial charge on any atom is -0.458 e. The third kappa shape index (κ3) is 1.51. The van der Waals surface area contributed by atoms with Crippen molar-refractivity contribution in [1.29, 1.82) is 0 Å². The van der Waals surface area contributed by atoms with Crippen molar-refractivity contribution in [2.24, 2.45) is 17.8 Å². The van der Waals surface area contributed by atoms with E-state index in [1.54, 1.807) is 6.08 Å². The molecule has 3 heteroatoms. The molecule has 0 N–H and O–H groups in total. The van der Waals surface area contributed by atoms with Gasteiger partial charge in [0, 0.05) is 17.9 Å². The standard InChI is InChI=1S/C12H14O3/c13-11-4-3-9-6-8-2-1-5-14-7-10(8)12(9)15-11/h1-4,8-10,12H,5-7H2. The zero-order valence-electron chi connectivity index (χ0n) is 8.46. The Labute approximate surface area is 88.7 Å². The van der Waals surface area contributed by atoms with Gasteiger partial charge in [0.25, 0.3) is 0 Å². The fourth-order valence-corrected chi connectivity index (χ4v) is 2.87. The summed E-state index contributed by atoms with van der Waals surface area (Å²) in [6.07, 6.45) is 8.97. The Bertz CT molecular complexity index is 332. The Morgan fingerprint density at radius 2 is 2.20 bits per heavy atom. The number of allylic oxidation sites excluding steroid dienone is 1. The van der Waals surface area contributed by atoms with Crippen molar-refractivity contribution in [3.63, 3.8) is 0 Å². The summed E-state index contributed by atoms with van der Waals surface area (Å²) in [6, 6.07) is 0. The van der Waals surface area contributed by atoms with Crippen LogP contribution >= 0.6 is 0 Å². The molecule has 0 bridgehead atoms. The van der Waals surface area contributed by atoms with Gasteiger partial charge in [-0.05, 0) is 12.3 Å². The molecule has 4 unspecified atom stereocenters. The van der Waals surface area contributed by atoms with E-state index in [-0.39, 0.29) is 12.1 Å². The molecule has 1 aliphatic carbocycles. The number of rotatable bonds is 0. The lowest BCUT2D eigenvalue weighted by molar-refractivity contribution is -0.149. The van der Waals surface area contributed by atoms with Crippen LogP contribution in [0.2, 0.25) is 0 Å². The van der Waals surface area contributed by atoms with E-state index in [1.807, 2.05) is 6.08 Å². The second kappa shape index (κ2) is 3.49. The van der Waals surface area contributed by atoms with E-state index in [0.29, 0.717) is 31.0 Å². The van der Waals surface area contributed by atoms with E-state index in [2.05, 4.69) is 12.2 Å². The summed E-state index contributed by atoms with van der Waals surface area (Å²) in [6.45, 7) is 1.40. The van der Waals surface area contributed by atoms with E-state index in [9.17, 15) is 4.79 Å². The molecule has 0 amide bonds. The highest BCUT2D eigenvalue weighted by Gasteiger charge is 2.45. The predicted molar refractivity (Wildman–Crippen MR) is 54.1 cm³/mol. The van der Waals surface area contributed by atoms with Gasteiger partial charge < -0.3 is 9.47 Å². The first-order valence-corrected chi connectivity index (χ1v) is 5.48. The highest BCUT2D eigenvalue weighted by Crippen LogP contribution is 2.42. The molecule has 4 atom stereocenters. The average molecular weight is 206 g/mol. The second-order valence-corrected chi connectivity index (χ2v) is 4.45. The van der Waals surface area contributed by atoms with E-state index < -0.39 is 0 Å². The summed E-state index contributed by atoms with van der Waals surface area (Å²) < 4.78 is 10.9. The molecular weight excluding hydrogens is 192 g/mol. The molecule has 15 heavy (non-hydrogen) atoms. The molecule has 0 radical (unpaired) electrons. The third-order valence-electron chi connectivity index (χ3n) is 3.58. The van der Waals surface area contributed by atoms with Crippen LogP contribution in [0.25, 0.3) is 0 Å². The number of hydrogen-bond acceptors (Lipinski definition) is 3. The molecule has 80 valence electrons. The summed E-state index contributed by atoms with van der Waals surface area (Å²) in [4.78, 5) is 11.2. The van der Waals surface area contributed by atoms with Crippen LogP contribution in [0.3, 0.4) is 0 Å². The topological polar surface area (TPSA) is 35.5 Å². The molecule has 0 spiro atoms. The van der Waals surface area contributed by atoms with Crippen molar-refractivity contribution >= 4 is 5.97 Å². The number of hydrogen-bond donors (Lipinski definition) is 0. The maximum Gasteiger partial charge on any atom is 0.330 e. The van der Waals surface area contributed by atoms with Crippen LogP contribution in [0.1, 0.15) is 6.42 Å². The number of carbonyl (C=O) groups is 1. The lowest BCUT2D eigenvalue weighted by Crippen LogP contribution is -2.33. The molecule has 3 nitrogen and oxygen atoms in total. The van der Waals surface area contributed by atoms with E-state index in [4.69, 9.17) is 9.47 Å². The fraction of sp³-hybridized carbons (Fsp3) is 0.583. The molecule has 2 aliphatic heterocycles. The van der Waals surface area contributed by atoms with E-state index >= 15 is 0 Å². The minimum absolute atomic E-state index is 0.0373. The number of esters is 1. The van der Waals surface area contributed by atoms with Gasteiger partial charge in [-0.15, -0.1) is 0 Å². The molecule has 0 saturated heterocycles.